The van der Waals surface area contributed by atoms with Gasteiger partial charge in [-0.25, -0.2) is 13.1 Å². The molecule has 0 bridgehead atoms. The van der Waals surface area contributed by atoms with Gasteiger partial charge < -0.3 is 9.72 Å². The number of H-pyrrole nitrogens is 1. The predicted octanol–water partition coefficient (Wildman–Crippen LogP) is 2.85. The van der Waals surface area contributed by atoms with Crippen LogP contribution in [0, 0.1) is 0 Å². The molecule has 132 valence electrons. The Balaban J connectivity index is 1.41. The lowest BCUT2D eigenvalue weighted by atomic mass is 10.1. The number of para-hydroxylation sites is 1. The number of rotatable bonds is 9. The molecule has 0 unspecified atom stereocenters. The SMILES string of the molecule is O=S(=O)(CCOCc1ccccc1)NCCc1c[nH]c2ccccc12. The first kappa shape index (κ1) is 17.7. The molecule has 0 radical (unpaired) electrons. The molecule has 0 aliphatic heterocycles. The van der Waals surface area contributed by atoms with Gasteiger partial charge in [0, 0.05) is 23.6 Å². The fourth-order valence-corrected chi connectivity index (χ4v) is 3.58. The maximum atomic E-state index is 12.0. The van der Waals surface area contributed by atoms with Gasteiger partial charge >= 0.3 is 0 Å². The third kappa shape index (κ3) is 5.16. The van der Waals surface area contributed by atoms with Gasteiger partial charge in [0.25, 0.3) is 0 Å². The second-order valence-electron chi connectivity index (χ2n) is 5.86. The normalized spacial score (nSPS) is 11.8. The van der Waals surface area contributed by atoms with E-state index in [1.54, 1.807) is 0 Å². The summed E-state index contributed by atoms with van der Waals surface area (Å²) in [6, 6.07) is 17.7. The highest BCUT2D eigenvalue weighted by atomic mass is 32.2. The third-order valence-corrected chi connectivity index (χ3v) is 5.35. The van der Waals surface area contributed by atoms with Crippen LogP contribution < -0.4 is 4.72 Å². The third-order valence-electron chi connectivity index (χ3n) is 4.00. The summed E-state index contributed by atoms with van der Waals surface area (Å²) < 4.78 is 32.2. The second kappa shape index (κ2) is 8.29. The van der Waals surface area contributed by atoms with E-state index in [1.165, 1.54) is 0 Å². The molecule has 6 heteroatoms. The Morgan fingerprint density at radius 2 is 1.76 bits per heavy atom. The maximum Gasteiger partial charge on any atom is 0.213 e. The summed E-state index contributed by atoms with van der Waals surface area (Å²) in [7, 11) is -3.33. The van der Waals surface area contributed by atoms with E-state index in [2.05, 4.69) is 9.71 Å². The largest absolute Gasteiger partial charge is 0.376 e. The van der Waals surface area contributed by atoms with Crippen LogP contribution in [-0.2, 0) is 27.8 Å². The molecule has 0 amide bonds. The van der Waals surface area contributed by atoms with Crippen molar-refractivity contribution in [1.82, 2.24) is 9.71 Å². The van der Waals surface area contributed by atoms with E-state index in [9.17, 15) is 8.42 Å². The van der Waals surface area contributed by atoms with Gasteiger partial charge in [-0.05, 0) is 23.6 Å². The number of fused-ring (bicyclic) bond motifs is 1. The lowest BCUT2D eigenvalue weighted by Gasteiger charge is -2.07. The fourth-order valence-electron chi connectivity index (χ4n) is 2.68. The molecule has 0 spiro atoms. The lowest BCUT2D eigenvalue weighted by Crippen LogP contribution is -2.30. The summed E-state index contributed by atoms with van der Waals surface area (Å²) in [6.45, 7) is 0.978. The minimum absolute atomic E-state index is 0.0340. The molecule has 1 aromatic heterocycles. The molecule has 0 aliphatic carbocycles. The van der Waals surface area contributed by atoms with E-state index in [0.29, 0.717) is 19.6 Å². The van der Waals surface area contributed by atoms with Crippen molar-refractivity contribution in [2.24, 2.45) is 0 Å². The van der Waals surface area contributed by atoms with E-state index in [4.69, 9.17) is 4.74 Å². The molecule has 2 aromatic carbocycles. The maximum absolute atomic E-state index is 12.0. The molecule has 5 nitrogen and oxygen atoms in total. The molecule has 25 heavy (non-hydrogen) atoms. The highest BCUT2D eigenvalue weighted by Crippen LogP contribution is 2.17. The standard InChI is InChI=1S/C19H22N2O3S/c22-25(23,13-12-24-15-16-6-2-1-3-7-16)21-11-10-17-14-20-19-9-5-4-8-18(17)19/h1-9,14,20-21H,10-13,15H2. The number of hydrogen-bond donors (Lipinski definition) is 2. The van der Waals surface area contributed by atoms with Crippen molar-refractivity contribution in [1.29, 1.82) is 0 Å². The Labute approximate surface area is 148 Å². The molecule has 2 N–H and O–H groups in total. The van der Waals surface area contributed by atoms with Gasteiger partial charge in [-0.1, -0.05) is 48.5 Å². The number of benzene rings is 2. The number of hydrogen-bond acceptors (Lipinski definition) is 3. The average Bonchev–Trinajstić information content (AvgIpc) is 3.03. The predicted molar refractivity (Wildman–Crippen MR) is 99.9 cm³/mol. The minimum Gasteiger partial charge on any atom is -0.376 e. The summed E-state index contributed by atoms with van der Waals surface area (Å²) in [5.74, 6) is -0.0340. The van der Waals surface area contributed by atoms with Crippen LogP contribution in [0.5, 0.6) is 0 Å². The first-order chi connectivity index (χ1) is 12.1. The van der Waals surface area contributed by atoms with Crippen molar-refractivity contribution in [2.45, 2.75) is 13.0 Å². The molecule has 0 fully saturated rings. The quantitative estimate of drug-likeness (QED) is 0.578. The number of aromatic nitrogens is 1. The van der Waals surface area contributed by atoms with Gasteiger partial charge in [0.1, 0.15) is 0 Å². The second-order valence-corrected chi connectivity index (χ2v) is 7.79. The van der Waals surface area contributed by atoms with Crippen molar-refractivity contribution in [2.75, 3.05) is 18.9 Å². The van der Waals surface area contributed by atoms with Crippen LogP contribution in [0.2, 0.25) is 0 Å². The summed E-state index contributed by atoms with van der Waals surface area (Å²) in [6.07, 6.45) is 2.58. The Hall–Kier alpha value is -2.15. The van der Waals surface area contributed by atoms with Gasteiger partial charge in [0.2, 0.25) is 10.0 Å². The zero-order valence-corrected chi connectivity index (χ0v) is 14.8. The van der Waals surface area contributed by atoms with Gasteiger partial charge in [0.15, 0.2) is 0 Å². The summed E-state index contributed by atoms with van der Waals surface area (Å²) in [5, 5.41) is 1.13. The monoisotopic (exact) mass is 358 g/mol. The van der Waals surface area contributed by atoms with Crippen LogP contribution in [0.3, 0.4) is 0 Å². The first-order valence-electron chi connectivity index (χ1n) is 8.28. The Morgan fingerprint density at radius 1 is 1.00 bits per heavy atom. The summed E-state index contributed by atoms with van der Waals surface area (Å²) in [5.41, 5.74) is 3.21. The Bertz CT molecular complexity index is 905. The number of sulfonamides is 1. The van der Waals surface area contributed by atoms with Crippen molar-refractivity contribution >= 4 is 20.9 Å². The minimum atomic E-state index is -3.33. The smallest absolute Gasteiger partial charge is 0.213 e. The zero-order valence-electron chi connectivity index (χ0n) is 13.9. The van der Waals surface area contributed by atoms with Crippen LogP contribution in [0.25, 0.3) is 10.9 Å². The van der Waals surface area contributed by atoms with Crippen molar-refractivity contribution < 1.29 is 13.2 Å². The average molecular weight is 358 g/mol. The molecular weight excluding hydrogens is 336 g/mol. The van der Waals surface area contributed by atoms with Crippen LogP contribution in [0.4, 0.5) is 0 Å². The van der Waals surface area contributed by atoms with E-state index in [0.717, 1.165) is 22.0 Å². The number of aromatic amines is 1. The fraction of sp³-hybridized carbons (Fsp3) is 0.263. The van der Waals surface area contributed by atoms with E-state index in [-0.39, 0.29) is 12.4 Å². The molecule has 3 rings (SSSR count). The van der Waals surface area contributed by atoms with E-state index in [1.807, 2.05) is 60.8 Å². The molecular formula is C19H22N2O3S. The summed E-state index contributed by atoms with van der Waals surface area (Å²) >= 11 is 0. The topological polar surface area (TPSA) is 71.2 Å². The molecule has 0 aliphatic rings. The van der Waals surface area contributed by atoms with Gasteiger partial charge in [0.05, 0.1) is 19.0 Å². The Morgan fingerprint density at radius 3 is 2.60 bits per heavy atom. The van der Waals surface area contributed by atoms with Crippen LogP contribution >= 0.6 is 0 Å². The molecule has 3 aromatic rings. The van der Waals surface area contributed by atoms with Crippen molar-refractivity contribution in [3.8, 4) is 0 Å². The van der Waals surface area contributed by atoms with Crippen molar-refractivity contribution in [3.63, 3.8) is 0 Å². The summed E-state index contributed by atoms with van der Waals surface area (Å²) in [4.78, 5) is 3.20. The van der Waals surface area contributed by atoms with Gasteiger partial charge in [-0.15, -0.1) is 0 Å². The van der Waals surface area contributed by atoms with Crippen LogP contribution in [0.1, 0.15) is 11.1 Å². The van der Waals surface area contributed by atoms with E-state index < -0.39 is 10.0 Å². The highest BCUT2D eigenvalue weighted by molar-refractivity contribution is 7.89. The van der Waals surface area contributed by atoms with E-state index >= 15 is 0 Å². The zero-order chi connectivity index (χ0) is 17.5. The number of nitrogens with one attached hydrogen (secondary N) is 2. The van der Waals surface area contributed by atoms with Crippen LogP contribution in [0.15, 0.2) is 60.8 Å². The molecule has 0 saturated carbocycles. The molecule has 1 heterocycles. The van der Waals surface area contributed by atoms with Gasteiger partial charge in [-0.3, -0.25) is 0 Å². The first-order valence-corrected chi connectivity index (χ1v) is 9.93. The van der Waals surface area contributed by atoms with Crippen LogP contribution in [-0.4, -0.2) is 32.3 Å². The Kier molecular flexibility index (Phi) is 5.86. The van der Waals surface area contributed by atoms with Gasteiger partial charge in [-0.2, -0.15) is 0 Å². The molecule has 0 saturated heterocycles. The van der Waals surface area contributed by atoms with Crippen molar-refractivity contribution in [3.05, 3.63) is 71.9 Å². The molecule has 0 atom stereocenters. The highest BCUT2D eigenvalue weighted by Gasteiger charge is 2.10. The number of ether oxygens (including phenoxy) is 1. The lowest BCUT2D eigenvalue weighted by molar-refractivity contribution is 0.135.